The maximum Gasteiger partial charge on any atom is 0.160 e. The maximum absolute atomic E-state index is 5.26. The number of pyridine rings is 1. The van der Waals surface area contributed by atoms with Crippen molar-refractivity contribution < 1.29 is 0 Å². The summed E-state index contributed by atoms with van der Waals surface area (Å²) in [6, 6.07) is 72.4. The second kappa shape index (κ2) is 14.6. The van der Waals surface area contributed by atoms with Crippen molar-refractivity contribution in [1.82, 2.24) is 15.0 Å². The summed E-state index contributed by atoms with van der Waals surface area (Å²) in [5.41, 5.74) is 17.3. The summed E-state index contributed by atoms with van der Waals surface area (Å²) in [7, 11) is 0. The van der Waals surface area contributed by atoms with Gasteiger partial charge in [-0.3, -0.25) is 4.98 Å². The number of hydrogen-bond acceptors (Lipinski definition) is 3. The fourth-order valence-corrected chi connectivity index (χ4v) is 10.1. The molecule has 12 rings (SSSR count). The summed E-state index contributed by atoms with van der Waals surface area (Å²) in [4.78, 5) is 14.7. The van der Waals surface area contributed by atoms with Gasteiger partial charge in [-0.2, -0.15) is 0 Å². The minimum absolute atomic E-state index is 0.0743. The fourth-order valence-electron chi connectivity index (χ4n) is 10.1. The number of benzene rings is 9. The highest BCUT2D eigenvalue weighted by Gasteiger charge is 2.36. The fraction of sp³-hybridized carbons (Fsp3) is 0.0500. The summed E-state index contributed by atoms with van der Waals surface area (Å²) in [5.74, 6) is 0.695. The molecule has 63 heavy (non-hydrogen) atoms. The van der Waals surface area contributed by atoms with Crippen LogP contribution in [0, 0.1) is 0 Å². The second-order valence-electron chi connectivity index (χ2n) is 17.2. The average Bonchev–Trinajstić information content (AvgIpc) is 3.59. The molecule has 3 heteroatoms. The van der Waals surface area contributed by atoms with Crippen LogP contribution in [0.2, 0.25) is 0 Å². The summed E-state index contributed by atoms with van der Waals surface area (Å²) in [5, 5.41) is 7.39. The normalized spacial score (nSPS) is 12.7. The Kier molecular flexibility index (Phi) is 8.52. The van der Waals surface area contributed by atoms with Gasteiger partial charge in [-0.1, -0.05) is 196 Å². The lowest BCUT2D eigenvalue weighted by Gasteiger charge is -2.22. The molecule has 0 saturated carbocycles. The first-order chi connectivity index (χ1) is 31.0. The van der Waals surface area contributed by atoms with Crippen molar-refractivity contribution in [1.29, 1.82) is 0 Å². The number of rotatable bonds is 6. The van der Waals surface area contributed by atoms with Crippen molar-refractivity contribution in [3.63, 3.8) is 0 Å². The molecule has 0 radical (unpaired) electrons. The van der Waals surface area contributed by atoms with E-state index in [0.29, 0.717) is 5.82 Å². The van der Waals surface area contributed by atoms with Crippen LogP contribution >= 0.6 is 0 Å². The van der Waals surface area contributed by atoms with Gasteiger partial charge in [-0.25, -0.2) is 9.97 Å². The third kappa shape index (κ3) is 6.07. The molecule has 1 aliphatic carbocycles. The molecular weight excluding hydrogens is 763 g/mol. The van der Waals surface area contributed by atoms with E-state index in [4.69, 9.17) is 9.97 Å². The Bertz CT molecular complexity index is 3570. The summed E-state index contributed by atoms with van der Waals surface area (Å²) >= 11 is 0. The Morgan fingerprint density at radius 1 is 0.349 bits per heavy atom. The van der Waals surface area contributed by atoms with Crippen LogP contribution in [0.1, 0.15) is 25.0 Å². The van der Waals surface area contributed by atoms with E-state index in [0.717, 1.165) is 44.6 Å². The van der Waals surface area contributed by atoms with Crippen molar-refractivity contribution >= 4 is 32.3 Å². The topological polar surface area (TPSA) is 38.7 Å². The van der Waals surface area contributed by atoms with Crippen LogP contribution < -0.4 is 0 Å². The molecule has 2 heterocycles. The number of fused-ring (bicyclic) bond motifs is 7. The third-order valence-electron chi connectivity index (χ3n) is 13.2. The van der Waals surface area contributed by atoms with Gasteiger partial charge < -0.3 is 0 Å². The van der Waals surface area contributed by atoms with E-state index in [1.165, 1.54) is 71.4 Å². The van der Waals surface area contributed by atoms with Crippen LogP contribution in [0.5, 0.6) is 0 Å². The largest absolute Gasteiger partial charge is 0.264 e. The number of hydrogen-bond donors (Lipinski definition) is 0. The first-order valence-electron chi connectivity index (χ1n) is 21.7. The maximum atomic E-state index is 5.26. The Labute approximate surface area is 367 Å². The predicted octanol–water partition coefficient (Wildman–Crippen LogP) is 15.6. The Morgan fingerprint density at radius 2 is 0.905 bits per heavy atom. The van der Waals surface area contributed by atoms with Gasteiger partial charge in [0.1, 0.15) is 0 Å². The quantitative estimate of drug-likeness (QED) is 0.168. The Morgan fingerprint density at radius 3 is 1.62 bits per heavy atom. The number of aromatic nitrogens is 3. The van der Waals surface area contributed by atoms with Crippen LogP contribution in [0.25, 0.3) is 111 Å². The molecule has 0 spiro atoms. The van der Waals surface area contributed by atoms with Gasteiger partial charge >= 0.3 is 0 Å². The zero-order valence-electron chi connectivity index (χ0n) is 35.0. The standard InChI is InChI=1S/C60H41N3/c1-60(2)54-32-27-42(35-53(54)58-45-17-7-6-13-39(45)26-33-55(58)60)44-28-29-50(47-19-9-8-18-46(44)47)51-30-31-52(49-21-11-10-20-48(49)51)57-36-56(62-59(63-57)41-14-4-3-5-15-41)40-24-22-38(23-25-40)43-16-12-34-61-37-43/h3-37H,1-2H3. The summed E-state index contributed by atoms with van der Waals surface area (Å²) in [6.45, 7) is 4.72. The zero-order chi connectivity index (χ0) is 42.1. The molecule has 0 saturated heterocycles. The highest BCUT2D eigenvalue weighted by Crippen LogP contribution is 2.52. The van der Waals surface area contributed by atoms with Crippen LogP contribution in [0.3, 0.4) is 0 Å². The van der Waals surface area contributed by atoms with Crippen molar-refractivity contribution in [2.45, 2.75) is 19.3 Å². The van der Waals surface area contributed by atoms with Gasteiger partial charge in [-0.15, -0.1) is 0 Å². The Hall–Kier alpha value is -8.01. The van der Waals surface area contributed by atoms with Crippen LogP contribution in [-0.2, 0) is 5.41 Å². The highest BCUT2D eigenvalue weighted by atomic mass is 14.9. The lowest BCUT2D eigenvalue weighted by molar-refractivity contribution is 0.661. The predicted molar refractivity (Wildman–Crippen MR) is 263 cm³/mol. The average molecular weight is 804 g/mol. The number of nitrogens with zero attached hydrogens (tertiary/aromatic N) is 3. The molecule has 0 unspecified atom stereocenters. The molecular formula is C60H41N3. The molecule has 9 aromatic carbocycles. The molecule has 296 valence electrons. The lowest BCUT2D eigenvalue weighted by atomic mass is 9.81. The monoisotopic (exact) mass is 803 g/mol. The Balaban J connectivity index is 0.983. The van der Waals surface area contributed by atoms with Crippen molar-refractivity contribution in [2.75, 3.05) is 0 Å². The zero-order valence-corrected chi connectivity index (χ0v) is 35.0. The minimum atomic E-state index is -0.0743. The van der Waals surface area contributed by atoms with Crippen LogP contribution in [0.15, 0.2) is 213 Å². The van der Waals surface area contributed by atoms with Gasteiger partial charge in [-0.05, 0) is 106 Å². The minimum Gasteiger partial charge on any atom is -0.264 e. The van der Waals surface area contributed by atoms with Crippen molar-refractivity contribution in [3.05, 3.63) is 224 Å². The van der Waals surface area contributed by atoms with Gasteiger partial charge in [0.2, 0.25) is 0 Å². The smallest absolute Gasteiger partial charge is 0.160 e. The molecule has 0 atom stereocenters. The molecule has 3 nitrogen and oxygen atoms in total. The first kappa shape index (κ1) is 36.8. The SMILES string of the molecule is CC1(C)c2ccc(-c3ccc(-c4ccc(-c5cc(-c6ccc(-c7cccnc7)cc6)nc(-c6ccccc6)n5)c5ccccc45)c4ccccc34)cc2-c2c1ccc1ccccc21. The summed E-state index contributed by atoms with van der Waals surface area (Å²) in [6.07, 6.45) is 3.70. The highest BCUT2D eigenvalue weighted by molar-refractivity contribution is 6.12. The molecule has 2 aromatic heterocycles. The van der Waals surface area contributed by atoms with E-state index in [1.54, 1.807) is 6.20 Å². The van der Waals surface area contributed by atoms with E-state index >= 15 is 0 Å². The van der Waals surface area contributed by atoms with E-state index in [2.05, 4.69) is 195 Å². The van der Waals surface area contributed by atoms with Crippen LogP contribution in [0.4, 0.5) is 0 Å². The molecule has 1 aliphatic rings. The van der Waals surface area contributed by atoms with Crippen molar-refractivity contribution in [3.8, 4) is 78.4 Å². The molecule has 0 bridgehead atoms. The third-order valence-corrected chi connectivity index (χ3v) is 13.2. The molecule has 11 aromatic rings. The lowest BCUT2D eigenvalue weighted by Crippen LogP contribution is -2.14. The molecule has 0 fully saturated rings. The van der Waals surface area contributed by atoms with E-state index in [1.807, 2.05) is 30.5 Å². The van der Waals surface area contributed by atoms with E-state index in [-0.39, 0.29) is 5.41 Å². The van der Waals surface area contributed by atoms with Crippen molar-refractivity contribution in [2.24, 2.45) is 0 Å². The molecule has 0 N–H and O–H groups in total. The van der Waals surface area contributed by atoms with E-state index in [9.17, 15) is 0 Å². The van der Waals surface area contributed by atoms with Gasteiger partial charge in [0, 0.05) is 34.5 Å². The van der Waals surface area contributed by atoms with E-state index < -0.39 is 0 Å². The summed E-state index contributed by atoms with van der Waals surface area (Å²) < 4.78 is 0. The molecule has 0 aliphatic heterocycles. The van der Waals surface area contributed by atoms with Gasteiger partial charge in [0.15, 0.2) is 5.82 Å². The van der Waals surface area contributed by atoms with Gasteiger partial charge in [0.25, 0.3) is 0 Å². The van der Waals surface area contributed by atoms with Gasteiger partial charge in [0.05, 0.1) is 11.4 Å². The first-order valence-corrected chi connectivity index (χ1v) is 21.7. The van der Waals surface area contributed by atoms with Crippen LogP contribution in [-0.4, -0.2) is 15.0 Å². The molecule has 0 amide bonds. The second-order valence-corrected chi connectivity index (χ2v) is 17.2.